The molecule has 0 aromatic heterocycles. The number of hydrogen-bond donors (Lipinski definition) is 1. The highest BCUT2D eigenvalue weighted by Gasteiger charge is 2.18. The van der Waals surface area contributed by atoms with Gasteiger partial charge in [-0.15, -0.1) is 0 Å². The third-order valence-electron chi connectivity index (χ3n) is 2.54. The van der Waals surface area contributed by atoms with Crippen LogP contribution in [0, 0.1) is 0 Å². The lowest BCUT2D eigenvalue weighted by Gasteiger charge is -2.18. The van der Waals surface area contributed by atoms with Crippen LogP contribution in [-0.2, 0) is 10.8 Å². The normalized spacial score (nSPS) is 17.1. The Morgan fingerprint density at radius 3 is 2.27 bits per heavy atom. The molecule has 15 heavy (non-hydrogen) atoms. The molecule has 0 amide bonds. The largest absolute Gasteiger partial charge is 0.316 e. The summed E-state index contributed by atoms with van der Waals surface area (Å²) in [6.07, 6.45) is 0. The highest BCUT2D eigenvalue weighted by atomic mass is 79.9. The van der Waals surface area contributed by atoms with Crippen molar-refractivity contribution in [2.45, 2.75) is 30.0 Å². The predicted molar refractivity (Wildman–Crippen MR) is 68.5 cm³/mol. The molecule has 2 nitrogen and oxygen atoms in total. The van der Waals surface area contributed by atoms with Crippen molar-refractivity contribution < 1.29 is 4.21 Å². The molecule has 3 unspecified atom stereocenters. The van der Waals surface area contributed by atoms with Crippen molar-refractivity contribution in [1.82, 2.24) is 5.32 Å². The lowest BCUT2D eigenvalue weighted by atomic mass is 10.3. The van der Waals surface area contributed by atoms with Gasteiger partial charge in [0.25, 0.3) is 0 Å². The molecule has 84 valence electrons. The molecule has 0 saturated carbocycles. The Balaban J connectivity index is 2.80. The van der Waals surface area contributed by atoms with Crippen LogP contribution >= 0.6 is 15.9 Å². The molecule has 0 bridgehead atoms. The minimum atomic E-state index is -0.950. The molecule has 4 heteroatoms. The summed E-state index contributed by atoms with van der Waals surface area (Å²) in [6.45, 7) is 4.04. The van der Waals surface area contributed by atoms with E-state index in [-0.39, 0.29) is 11.3 Å². The van der Waals surface area contributed by atoms with E-state index in [0.717, 1.165) is 9.37 Å². The molecule has 1 aromatic carbocycles. The average Bonchev–Trinajstić information content (AvgIpc) is 2.27. The molecular formula is C11H16BrNOS. The first-order valence-electron chi connectivity index (χ1n) is 4.89. The molecule has 0 aliphatic heterocycles. The molecule has 0 aliphatic rings. The van der Waals surface area contributed by atoms with Crippen molar-refractivity contribution in [1.29, 1.82) is 0 Å². The quantitative estimate of drug-likeness (QED) is 0.923. The Kier molecular flexibility index (Phi) is 4.96. The van der Waals surface area contributed by atoms with Gasteiger partial charge < -0.3 is 5.32 Å². The standard InChI is InChI=1S/C11H16BrNOS/c1-8(13-3)9(2)15(14)11-6-4-10(12)5-7-11/h4-9,13H,1-3H3. The summed E-state index contributed by atoms with van der Waals surface area (Å²) in [7, 11) is 0.939. The monoisotopic (exact) mass is 289 g/mol. The Labute approximate surface area is 102 Å². The number of halogens is 1. The summed E-state index contributed by atoms with van der Waals surface area (Å²) in [5.74, 6) is 0. The van der Waals surface area contributed by atoms with E-state index in [1.807, 2.05) is 45.2 Å². The molecule has 0 fully saturated rings. The van der Waals surface area contributed by atoms with E-state index in [9.17, 15) is 4.21 Å². The molecule has 3 atom stereocenters. The van der Waals surface area contributed by atoms with E-state index in [1.165, 1.54) is 0 Å². The van der Waals surface area contributed by atoms with Crippen molar-refractivity contribution in [3.8, 4) is 0 Å². The van der Waals surface area contributed by atoms with Crippen molar-refractivity contribution in [2.75, 3.05) is 7.05 Å². The summed E-state index contributed by atoms with van der Waals surface area (Å²) < 4.78 is 13.1. The van der Waals surface area contributed by atoms with Gasteiger partial charge in [0.05, 0.1) is 16.0 Å². The van der Waals surface area contributed by atoms with Crippen LogP contribution in [0.4, 0.5) is 0 Å². The number of rotatable bonds is 4. The van der Waals surface area contributed by atoms with Crippen LogP contribution in [-0.4, -0.2) is 22.5 Å². The van der Waals surface area contributed by atoms with Gasteiger partial charge in [0.15, 0.2) is 0 Å². The van der Waals surface area contributed by atoms with Crippen LogP contribution in [0.25, 0.3) is 0 Å². The van der Waals surface area contributed by atoms with Crippen LogP contribution in [0.3, 0.4) is 0 Å². The van der Waals surface area contributed by atoms with Gasteiger partial charge in [-0.2, -0.15) is 0 Å². The Bertz CT molecular complexity index is 339. The smallest absolute Gasteiger partial charge is 0.0573 e. The van der Waals surface area contributed by atoms with Crippen LogP contribution in [0.2, 0.25) is 0 Å². The fourth-order valence-corrected chi connectivity index (χ4v) is 2.81. The predicted octanol–water partition coefficient (Wildman–Crippen LogP) is 2.55. The second-order valence-corrected chi connectivity index (χ2v) is 6.26. The fourth-order valence-electron chi connectivity index (χ4n) is 1.20. The third-order valence-corrected chi connectivity index (χ3v) is 4.89. The molecule has 0 aliphatic carbocycles. The van der Waals surface area contributed by atoms with E-state index < -0.39 is 10.8 Å². The summed E-state index contributed by atoms with van der Waals surface area (Å²) in [5, 5.41) is 3.23. The van der Waals surface area contributed by atoms with E-state index in [4.69, 9.17) is 0 Å². The van der Waals surface area contributed by atoms with Gasteiger partial charge in [-0.3, -0.25) is 4.21 Å². The maximum absolute atomic E-state index is 12.1. The molecule has 0 heterocycles. The minimum Gasteiger partial charge on any atom is -0.316 e. The lowest BCUT2D eigenvalue weighted by Crippen LogP contribution is -2.35. The van der Waals surface area contributed by atoms with E-state index in [0.29, 0.717) is 0 Å². The van der Waals surface area contributed by atoms with Gasteiger partial charge in [-0.1, -0.05) is 15.9 Å². The van der Waals surface area contributed by atoms with Crippen molar-refractivity contribution in [3.05, 3.63) is 28.7 Å². The van der Waals surface area contributed by atoms with Gasteiger partial charge in [-0.05, 0) is 45.2 Å². The first kappa shape index (κ1) is 12.9. The second-order valence-electron chi connectivity index (χ2n) is 3.53. The summed E-state index contributed by atoms with van der Waals surface area (Å²) in [5.41, 5.74) is 0. The SMILES string of the molecule is CNC(C)C(C)S(=O)c1ccc(Br)cc1. The topological polar surface area (TPSA) is 29.1 Å². The van der Waals surface area contributed by atoms with Crippen LogP contribution < -0.4 is 5.32 Å². The van der Waals surface area contributed by atoms with Crippen molar-refractivity contribution >= 4 is 26.7 Å². The number of benzene rings is 1. The van der Waals surface area contributed by atoms with Gasteiger partial charge in [0, 0.05) is 15.4 Å². The van der Waals surface area contributed by atoms with Gasteiger partial charge in [0.2, 0.25) is 0 Å². The third kappa shape index (κ3) is 3.40. The Hall–Kier alpha value is -0.190. The Morgan fingerprint density at radius 2 is 1.80 bits per heavy atom. The average molecular weight is 290 g/mol. The zero-order valence-electron chi connectivity index (χ0n) is 9.16. The number of hydrogen-bond acceptors (Lipinski definition) is 2. The van der Waals surface area contributed by atoms with E-state index in [1.54, 1.807) is 0 Å². The fraction of sp³-hybridized carbons (Fsp3) is 0.455. The summed E-state index contributed by atoms with van der Waals surface area (Å²) in [6, 6.07) is 7.89. The molecule has 1 aromatic rings. The van der Waals surface area contributed by atoms with Gasteiger partial charge >= 0.3 is 0 Å². The zero-order chi connectivity index (χ0) is 11.4. The van der Waals surface area contributed by atoms with Crippen LogP contribution in [0.1, 0.15) is 13.8 Å². The van der Waals surface area contributed by atoms with Crippen molar-refractivity contribution in [2.24, 2.45) is 0 Å². The maximum atomic E-state index is 12.1. The van der Waals surface area contributed by atoms with E-state index >= 15 is 0 Å². The Morgan fingerprint density at radius 1 is 1.27 bits per heavy atom. The molecular weight excluding hydrogens is 274 g/mol. The highest BCUT2D eigenvalue weighted by molar-refractivity contribution is 9.10. The molecule has 0 radical (unpaired) electrons. The molecule has 0 spiro atoms. The summed E-state index contributed by atoms with van der Waals surface area (Å²) in [4.78, 5) is 0.882. The molecule has 0 saturated heterocycles. The lowest BCUT2D eigenvalue weighted by molar-refractivity contribution is 0.584. The first-order valence-corrected chi connectivity index (χ1v) is 6.90. The van der Waals surface area contributed by atoms with Crippen LogP contribution in [0.5, 0.6) is 0 Å². The van der Waals surface area contributed by atoms with Gasteiger partial charge in [-0.25, -0.2) is 0 Å². The van der Waals surface area contributed by atoms with Crippen molar-refractivity contribution in [3.63, 3.8) is 0 Å². The van der Waals surface area contributed by atoms with Crippen LogP contribution in [0.15, 0.2) is 33.6 Å². The number of nitrogens with one attached hydrogen (secondary N) is 1. The summed E-state index contributed by atoms with van der Waals surface area (Å²) >= 11 is 3.36. The zero-order valence-corrected chi connectivity index (χ0v) is 11.6. The first-order chi connectivity index (χ1) is 7.06. The van der Waals surface area contributed by atoms with Gasteiger partial charge in [0.1, 0.15) is 0 Å². The van der Waals surface area contributed by atoms with E-state index in [2.05, 4.69) is 21.2 Å². The second kappa shape index (κ2) is 5.77. The highest BCUT2D eigenvalue weighted by Crippen LogP contribution is 2.17. The molecule has 1 N–H and O–H groups in total. The minimum absolute atomic E-state index is 0.108. The maximum Gasteiger partial charge on any atom is 0.0573 e. The molecule has 1 rings (SSSR count).